The normalized spacial score (nSPS) is 18.6. The van der Waals surface area contributed by atoms with Gasteiger partial charge in [0.05, 0.1) is 33.3 Å². The van der Waals surface area contributed by atoms with Crippen molar-refractivity contribution in [3.05, 3.63) is 59.7 Å². The van der Waals surface area contributed by atoms with E-state index < -0.39 is 30.8 Å². The van der Waals surface area contributed by atoms with E-state index in [1.165, 1.54) is 30.3 Å². The fourth-order valence-electron chi connectivity index (χ4n) is 2.86. The number of nitrogens with zero attached hydrogens (tertiary/aromatic N) is 1. The van der Waals surface area contributed by atoms with Crippen molar-refractivity contribution in [1.82, 2.24) is 0 Å². The highest BCUT2D eigenvalue weighted by molar-refractivity contribution is 7.96. The van der Waals surface area contributed by atoms with Crippen molar-refractivity contribution in [2.45, 2.75) is 16.6 Å². The maximum atomic E-state index is 12.6. The number of hydrogen-bond acceptors (Lipinski definition) is 6. The Morgan fingerprint density at radius 1 is 1.15 bits per heavy atom. The van der Waals surface area contributed by atoms with Crippen LogP contribution < -0.4 is 5.32 Å². The first-order valence-electron chi connectivity index (χ1n) is 8.07. The molecule has 1 aliphatic heterocycles. The number of carbonyl (C=O) groups is 1. The SMILES string of the molecule is N#Cc1cccc(NC(=O)c2ccc(S(=O)(=O)[C@H]3CCS(=O)(=O)C3)cc2)c1. The molecule has 140 valence electrons. The van der Waals surface area contributed by atoms with Gasteiger partial charge in [-0.1, -0.05) is 6.07 Å². The largest absolute Gasteiger partial charge is 0.322 e. The highest BCUT2D eigenvalue weighted by Crippen LogP contribution is 2.25. The maximum absolute atomic E-state index is 12.6. The molecule has 0 bridgehead atoms. The molecule has 0 spiro atoms. The van der Waals surface area contributed by atoms with Crippen LogP contribution in [0.1, 0.15) is 22.3 Å². The van der Waals surface area contributed by atoms with E-state index >= 15 is 0 Å². The Labute approximate surface area is 157 Å². The zero-order chi connectivity index (χ0) is 19.7. The number of hydrogen-bond donors (Lipinski definition) is 1. The van der Waals surface area contributed by atoms with Crippen molar-refractivity contribution < 1.29 is 21.6 Å². The summed E-state index contributed by atoms with van der Waals surface area (Å²) in [6, 6.07) is 13.7. The summed E-state index contributed by atoms with van der Waals surface area (Å²) in [5.74, 6) is -0.941. The first-order valence-corrected chi connectivity index (χ1v) is 11.4. The third kappa shape index (κ3) is 4.18. The molecular formula is C18H16N2O5S2. The summed E-state index contributed by atoms with van der Waals surface area (Å²) in [6.07, 6.45) is 0.0855. The van der Waals surface area contributed by atoms with Crippen molar-refractivity contribution in [3.63, 3.8) is 0 Å². The molecule has 0 unspecified atom stereocenters. The van der Waals surface area contributed by atoms with Crippen LogP contribution in [0.15, 0.2) is 53.4 Å². The van der Waals surface area contributed by atoms with Crippen molar-refractivity contribution in [1.29, 1.82) is 5.26 Å². The molecule has 2 aromatic carbocycles. The molecule has 1 atom stereocenters. The number of carbonyl (C=O) groups excluding carboxylic acids is 1. The Bertz CT molecular complexity index is 1130. The molecule has 27 heavy (non-hydrogen) atoms. The van der Waals surface area contributed by atoms with Gasteiger partial charge in [-0.05, 0) is 48.9 Å². The molecule has 0 saturated carbocycles. The van der Waals surface area contributed by atoms with Gasteiger partial charge >= 0.3 is 0 Å². The quantitative estimate of drug-likeness (QED) is 0.829. The molecule has 1 N–H and O–H groups in total. The van der Waals surface area contributed by atoms with E-state index in [2.05, 4.69) is 5.32 Å². The third-order valence-electron chi connectivity index (χ3n) is 4.32. The van der Waals surface area contributed by atoms with Gasteiger partial charge in [0, 0.05) is 11.3 Å². The lowest BCUT2D eigenvalue weighted by Crippen LogP contribution is -2.22. The summed E-state index contributed by atoms with van der Waals surface area (Å²) >= 11 is 0. The van der Waals surface area contributed by atoms with Gasteiger partial charge in [-0.3, -0.25) is 4.79 Å². The van der Waals surface area contributed by atoms with Crippen molar-refractivity contribution in [2.24, 2.45) is 0 Å². The van der Waals surface area contributed by atoms with Crippen molar-refractivity contribution in [2.75, 3.05) is 16.8 Å². The fraction of sp³-hybridized carbons (Fsp3) is 0.222. The van der Waals surface area contributed by atoms with Gasteiger partial charge in [-0.15, -0.1) is 0 Å². The van der Waals surface area contributed by atoms with Crippen LogP contribution in [0.4, 0.5) is 5.69 Å². The summed E-state index contributed by atoms with van der Waals surface area (Å²) in [5, 5.41) is 10.6. The molecular weight excluding hydrogens is 388 g/mol. The lowest BCUT2D eigenvalue weighted by Gasteiger charge is -2.11. The van der Waals surface area contributed by atoms with Gasteiger partial charge in [0.15, 0.2) is 19.7 Å². The second kappa shape index (κ2) is 7.13. The summed E-state index contributed by atoms with van der Waals surface area (Å²) in [5.41, 5.74) is 1.10. The Morgan fingerprint density at radius 2 is 1.85 bits per heavy atom. The van der Waals surface area contributed by atoms with E-state index in [0.717, 1.165) is 0 Å². The minimum atomic E-state index is -3.77. The Hall–Kier alpha value is -2.70. The van der Waals surface area contributed by atoms with Gasteiger partial charge in [-0.2, -0.15) is 5.26 Å². The fourth-order valence-corrected chi connectivity index (χ4v) is 7.22. The van der Waals surface area contributed by atoms with Gasteiger partial charge < -0.3 is 5.32 Å². The van der Waals surface area contributed by atoms with E-state index in [4.69, 9.17) is 5.26 Å². The molecule has 9 heteroatoms. The number of sulfone groups is 2. The van der Waals surface area contributed by atoms with E-state index in [-0.39, 0.29) is 28.4 Å². The number of nitrogens with one attached hydrogen (secondary N) is 1. The topological polar surface area (TPSA) is 121 Å². The summed E-state index contributed by atoms with van der Waals surface area (Å²) in [6.45, 7) is 0. The van der Waals surface area contributed by atoms with Gasteiger partial charge in [0.1, 0.15) is 0 Å². The van der Waals surface area contributed by atoms with Gasteiger partial charge in [0.2, 0.25) is 0 Å². The second-order valence-corrected chi connectivity index (χ2v) is 10.7. The lowest BCUT2D eigenvalue weighted by molar-refractivity contribution is 0.102. The second-order valence-electron chi connectivity index (χ2n) is 6.24. The molecule has 1 aliphatic rings. The van der Waals surface area contributed by atoms with Crippen LogP contribution in [0, 0.1) is 11.3 Å². The average Bonchev–Trinajstić information content (AvgIpc) is 3.02. The minimum Gasteiger partial charge on any atom is -0.322 e. The van der Waals surface area contributed by atoms with Crippen LogP contribution >= 0.6 is 0 Å². The van der Waals surface area contributed by atoms with E-state index in [9.17, 15) is 21.6 Å². The van der Waals surface area contributed by atoms with Crippen LogP contribution in [-0.2, 0) is 19.7 Å². The predicted molar refractivity (Wildman–Crippen MR) is 99.8 cm³/mol. The zero-order valence-electron chi connectivity index (χ0n) is 14.1. The highest BCUT2D eigenvalue weighted by atomic mass is 32.2. The van der Waals surface area contributed by atoms with Crippen molar-refractivity contribution in [3.8, 4) is 6.07 Å². The van der Waals surface area contributed by atoms with E-state index in [0.29, 0.717) is 11.3 Å². The number of nitriles is 1. The Kier molecular flexibility index (Phi) is 5.04. The monoisotopic (exact) mass is 404 g/mol. The Balaban J connectivity index is 1.77. The molecule has 0 aromatic heterocycles. The number of rotatable bonds is 4. The van der Waals surface area contributed by atoms with Crippen LogP contribution in [0.2, 0.25) is 0 Å². The molecule has 0 radical (unpaired) electrons. The molecule has 1 saturated heterocycles. The molecule has 2 aromatic rings. The number of anilines is 1. The molecule has 1 amide bonds. The number of benzene rings is 2. The average molecular weight is 404 g/mol. The summed E-state index contributed by atoms with van der Waals surface area (Å²) < 4.78 is 48.2. The minimum absolute atomic E-state index is 0.00683. The molecule has 1 heterocycles. The van der Waals surface area contributed by atoms with E-state index in [1.807, 2.05) is 6.07 Å². The highest BCUT2D eigenvalue weighted by Gasteiger charge is 2.37. The van der Waals surface area contributed by atoms with Crippen LogP contribution in [0.25, 0.3) is 0 Å². The first kappa shape index (κ1) is 19.1. The van der Waals surface area contributed by atoms with Crippen LogP contribution in [0.3, 0.4) is 0 Å². The lowest BCUT2D eigenvalue weighted by atomic mass is 10.2. The summed E-state index contributed by atoms with van der Waals surface area (Å²) in [4.78, 5) is 12.3. The van der Waals surface area contributed by atoms with Gasteiger partial charge in [0.25, 0.3) is 5.91 Å². The van der Waals surface area contributed by atoms with Crippen LogP contribution in [-0.4, -0.2) is 39.5 Å². The Morgan fingerprint density at radius 3 is 2.44 bits per heavy atom. The molecule has 0 aliphatic carbocycles. The molecule has 3 rings (SSSR count). The van der Waals surface area contributed by atoms with E-state index in [1.54, 1.807) is 18.2 Å². The smallest absolute Gasteiger partial charge is 0.255 e. The van der Waals surface area contributed by atoms with Crippen LogP contribution in [0.5, 0.6) is 0 Å². The first-order chi connectivity index (χ1) is 12.7. The maximum Gasteiger partial charge on any atom is 0.255 e. The standard InChI is InChI=1S/C18H16N2O5S2/c19-11-13-2-1-3-15(10-13)20-18(21)14-4-6-16(7-5-14)27(24,25)17-8-9-26(22,23)12-17/h1-7,10,17H,8-9,12H2,(H,20,21)/t17-/m0/s1. The van der Waals surface area contributed by atoms with Gasteiger partial charge in [-0.25, -0.2) is 16.8 Å². The molecule has 7 nitrogen and oxygen atoms in total. The third-order valence-corrected chi connectivity index (χ3v) is 8.51. The molecule has 1 fully saturated rings. The van der Waals surface area contributed by atoms with Crippen molar-refractivity contribution >= 4 is 31.3 Å². The number of amides is 1. The summed E-state index contributed by atoms with van der Waals surface area (Å²) in [7, 11) is -7.08. The predicted octanol–water partition coefficient (Wildman–Crippen LogP) is 1.77. The zero-order valence-corrected chi connectivity index (χ0v) is 15.8.